The average molecular weight is 350 g/mol. The van der Waals surface area contributed by atoms with Crippen molar-refractivity contribution in [3.8, 4) is 0 Å². The highest BCUT2D eigenvalue weighted by Gasteiger charge is 2.03. The van der Waals surface area contributed by atoms with Gasteiger partial charge in [-0.25, -0.2) is 4.98 Å². The monoisotopic (exact) mass is 349 g/mol. The van der Waals surface area contributed by atoms with E-state index in [4.69, 9.17) is 0 Å². The van der Waals surface area contributed by atoms with Gasteiger partial charge in [-0.05, 0) is 33.9 Å². The Balaban J connectivity index is 1.36. The fourth-order valence-electron chi connectivity index (χ4n) is 1.93. The van der Waals surface area contributed by atoms with Gasteiger partial charge >= 0.3 is 0 Å². The van der Waals surface area contributed by atoms with Gasteiger partial charge in [0.15, 0.2) is 0 Å². The number of thiazole rings is 1. The summed E-state index contributed by atoms with van der Waals surface area (Å²) < 4.78 is 1.29. The van der Waals surface area contributed by atoms with Crippen molar-refractivity contribution in [1.29, 1.82) is 0 Å². The van der Waals surface area contributed by atoms with Crippen molar-refractivity contribution in [2.24, 2.45) is 0 Å². The van der Waals surface area contributed by atoms with Crippen molar-refractivity contribution in [3.05, 3.63) is 65.2 Å². The van der Waals surface area contributed by atoms with Crippen molar-refractivity contribution in [1.82, 2.24) is 4.98 Å². The van der Waals surface area contributed by atoms with Gasteiger partial charge in [0.25, 0.3) is 0 Å². The number of hydrogen-bond acceptors (Lipinski definition) is 5. The standard InChI is InChI=1S/C16H15NS4/c1-2-6-13(7-3-1)10-11-18-21-19-12-16-17-14-8-4-5-9-15(14)20-16/h1-9H,10-12H2. The third-order valence-electron chi connectivity index (χ3n) is 2.93. The second kappa shape index (κ2) is 8.13. The van der Waals surface area contributed by atoms with Crippen LogP contribution < -0.4 is 0 Å². The number of hydrogen-bond donors (Lipinski definition) is 0. The first-order valence-corrected chi connectivity index (χ1v) is 11.3. The molecule has 0 aliphatic carbocycles. The SMILES string of the molecule is c1ccc(CCSSSCc2nc3ccccc3s2)cc1. The van der Waals surface area contributed by atoms with Crippen LogP contribution in [0.4, 0.5) is 0 Å². The molecule has 0 fully saturated rings. The average Bonchev–Trinajstić information content (AvgIpc) is 2.94. The zero-order valence-electron chi connectivity index (χ0n) is 11.4. The maximum absolute atomic E-state index is 4.65. The molecule has 21 heavy (non-hydrogen) atoms. The van der Waals surface area contributed by atoms with Crippen molar-refractivity contribution in [2.45, 2.75) is 12.2 Å². The summed E-state index contributed by atoms with van der Waals surface area (Å²) in [7, 11) is 5.69. The summed E-state index contributed by atoms with van der Waals surface area (Å²) in [5.41, 5.74) is 2.54. The van der Waals surface area contributed by atoms with Crippen LogP contribution in [0.5, 0.6) is 0 Å². The first-order valence-electron chi connectivity index (χ1n) is 6.71. The number of fused-ring (bicyclic) bond motifs is 1. The second-order valence-electron chi connectivity index (χ2n) is 4.46. The molecule has 2 aromatic carbocycles. The topological polar surface area (TPSA) is 12.9 Å². The van der Waals surface area contributed by atoms with E-state index in [1.165, 1.54) is 15.3 Å². The van der Waals surface area contributed by atoms with Crippen LogP contribution >= 0.6 is 42.8 Å². The minimum atomic E-state index is 0.988. The van der Waals surface area contributed by atoms with Gasteiger partial charge in [-0.2, -0.15) is 0 Å². The smallest absolute Gasteiger partial charge is 0.105 e. The molecule has 0 bridgehead atoms. The first kappa shape index (κ1) is 15.3. The Morgan fingerprint density at radius 3 is 2.57 bits per heavy atom. The molecule has 0 amide bonds. The van der Waals surface area contributed by atoms with E-state index >= 15 is 0 Å². The van der Waals surface area contributed by atoms with Crippen LogP contribution in [0.2, 0.25) is 0 Å². The van der Waals surface area contributed by atoms with Gasteiger partial charge < -0.3 is 0 Å². The Kier molecular flexibility index (Phi) is 5.92. The maximum atomic E-state index is 4.65. The molecule has 5 heteroatoms. The van der Waals surface area contributed by atoms with E-state index in [9.17, 15) is 0 Å². The van der Waals surface area contributed by atoms with Crippen molar-refractivity contribution < 1.29 is 0 Å². The minimum Gasteiger partial charge on any atom is -0.240 e. The fourth-order valence-corrected chi connectivity index (χ4v) is 6.79. The Morgan fingerprint density at radius 2 is 1.71 bits per heavy atom. The lowest BCUT2D eigenvalue weighted by Crippen LogP contribution is -1.85. The summed E-state index contributed by atoms with van der Waals surface area (Å²) in [6.45, 7) is 0. The van der Waals surface area contributed by atoms with Crippen molar-refractivity contribution in [2.75, 3.05) is 5.75 Å². The number of para-hydroxylation sites is 1. The summed E-state index contributed by atoms with van der Waals surface area (Å²) in [5.74, 6) is 2.14. The molecular formula is C16H15NS4. The molecule has 0 aliphatic rings. The molecule has 0 aliphatic heterocycles. The number of rotatable bonds is 7. The van der Waals surface area contributed by atoms with Crippen LogP contribution in [0.15, 0.2) is 54.6 Å². The van der Waals surface area contributed by atoms with E-state index in [2.05, 4.69) is 53.5 Å². The molecule has 108 valence electrons. The second-order valence-corrected chi connectivity index (χ2v) is 9.93. The molecule has 3 rings (SSSR count). The molecule has 0 saturated heterocycles. The molecule has 1 nitrogen and oxygen atoms in total. The van der Waals surface area contributed by atoms with E-state index in [0.29, 0.717) is 0 Å². The lowest BCUT2D eigenvalue weighted by Gasteiger charge is -2.00. The third kappa shape index (κ3) is 4.68. The molecule has 0 atom stereocenters. The quantitative estimate of drug-likeness (QED) is 0.379. The molecule has 0 spiro atoms. The normalized spacial score (nSPS) is 11.0. The minimum absolute atomic E-state index is 0.988. The van der Waals surface area contributed by atoms with Crippen LogP contribution in [0.3, 0.4) is 0 Å². The summed E-state index contributed by atoms with van der Waals surface area (Å²) >= 11 is 1.80. The predicted octanol–water partition coefficient (Wildman–Crippen LogP) is 6.07. The Bertz CT molecular complexity index is 648. The van der Waals surface area contributed by atoms with Crippen LogP contribution in [-0.2, 0) is 12.2 Å². The van der Waals surface area contributed by atoms with E-state index in [0.717, 1.165) is 23.4 Å². The molecule has 1 heterocycles. The molecule has 1 aromatic heterocycles. The van der Waals surface area contributed by atoms with Gasteiger partial charge in [-0.3, -0.25) is 0 Å². The lowest BCUT2D eigenvalue weighted by molar-refractivity contribution is 1.16. The van der Waals surface area contributed by atoms with Crippen molar-refractivity contribution >= 4 is 53.0 Å². The molecule has 0 N–H and O–H groups in total. The highest BCUT2D eigenvalue weighted by atomic mass is 33.5. The molecule has 0 radical (unpaired) electrons. The first-order chi connectivity index (χ1) is 10.4. The Hall–Kier alpha value is -0.620. The van der Waals surface area contributed by atoms with Gasteiger partial charge in [-0.15, -0.1) is 11.3 Å². The summed E-state index contributed by atoms with van der Waals surface area (Å²) in [4.78, 5) is 4.65. The van der Waals surface area contributed by atoms with Crippen LogP contribution in [0, 0.1) is 0 Å². The molecule has 3 aromatic rings. The molecular weight excluding hydrogens is 334 g/mol. The van der Waals surface area contributed by atoms with E-state index in [-0.39, 0.29) is 0 Å². The number of benzene rings is 2. The van der Waals surface area contributed by atoms with Crippen LogP contribution in [0.1, 0.15) is 10.6 Å². The van der Waals surface area contributed by atoms with Crippen LogP contribution in [0.25, 0.3) is 10.2 Å². The van der Waals surface area contributed by atoms with Gasteiger partial charge in [0.05, 0.1) is 16.0 Å². The molecule has 0 saturated carbocycles. The number of aryl methyl sites for hydroxylation is 1. The van der Waals surface area contributed by atoms with Crippen molar-refractivity contribution in [3.63, 3.8) is 0 Å². The Labute approximate surface area is 140 Å². The maximum Gasteiger partial charge on any atom is 0.105 e. The summed E-state index contributed by atoms with van der Waals surface area (Å²) in [6.07, 6.45) is 1.14. The van der Waals surface area contributed by atoms with Gasteiger partial charge in [0, 0.05) is 5.75 Å². The summed E-state index contributed by atoms with van der Waals surface area (Å²) in [6, 6.07) is 19.0. The van der Waals surface area contributed by atoms with E-state index < -0.39 is 0 Å². The third-order valence-corrected chi connectivity index (χ3v) is 8.27. The highest BCUT2D eigenvalue weighted by Crippen LogP contribution is 2.38. The van der Waals surface area contributed by atoms with E-state index in [1.807, 2.05) is 37.5 Å². The number of nitrogens with zero attached hydrogens (tertiary/aromatic N) is 1. The molecule has 0 unspecified atom stereocenters. The van der Waals surface area contributed by atoms with Gasteiger partial charge in [0.2, 0.25) is 0 Å². The lowest BCUT2D eigenvalue weighted by atomic mass is 10.2. The van der Waals surface area contributed by atoms with E-state index in [1.54, 1.807) is 11.3 Å². The van der Waals surface area contributed by atoms with Crippen LogP contribution in [-0.4, -0.2) is 10.7 Å². The fraction of sp³-hybridized carbons (Fsp3) is 0.188. The predicted molar refractivity (Wildman–Crippen MR) is 101 cm³/mol. The largest absolute Gasteiger partial charge is 0.240 e. The Morgan fingerprint density at radius 1 is 0.905 bits per heavy atom. The zero-order valence-corrected chi connectivity index (χ0v) is 14.7. The zero-order chi connectivity index (χ0) is 14.3. The summed E-state index contributed by atoms with van der Waals surface area (Å²) in [5, 5.41) is 1.22. The van der Waals surface area contributed by atoms with Gasteiger partial charge in [-0.1, -0.05) is 64.1 Å². The van der Waals surface area contributed by atoms with Gasteiger partial charge in [0.1, 0.15) is 5.01 Å². The number of aromatic nitrogens is 1. The highest BCUT2D eigenvalue weighted by molar-refractivity contribution is 9.09.